The second kappa shape index (κ2) is 6.49. The fraction of sp³-hybridized carbons (Fsp3) is 0.294. The minimum absolute atomic E-state index is 0.0712. The van der Waals surface area contributed by atoms with Crippen LogP contribution in [0.25, 0.3) is 0 Å². The van der Waals surface area contributed by atoms with Gasteiger partial charge in [-0.25, -0.2) is 5.43 Å². The van der Waals surface area contributed by atoms with Crippen molar-refractivity contribution in [3.05, 3.63) is 68.7 Å². The number of hydrogen-bond acceptors (Lipinski definition) is 2. The summed E-state index contributed by atoms with van der Waals surface area (Å²) in [5.41, 5.74) is 6.55. The van der Waals surface area contributed by atoms with E-state index in [-0.39, 0.29) is 6.04 Å². The predicted octanol–water partition coefficient (Wildman–Crippen LogP) is 4.92. The molecule has 1 unspecified atom stereocenters. The number of benzene rings is 2. The lowest BCUT2D eigenvalue weighted by Gasteiger charge is -2.27. The molecule has 0 amide bonds. The van der Waals surface area contributed by atoms with E-state index >= 15 is 0 Å². The zero-order chi connectivity index (χ0) is 14.8. The molecule has 1 atom stereocenters. The average molecular weight is 366 g/mol. The summed E-state index contributed by atoms with van der Waals surface area (Å²) < 4.78 is 1.00. The van der Waals surface area contributed by atoms with E-state index in [1.165, 1.54) is 30.4 Å². The van der Waals surface area contributed by atoms with Gasteiger partial charge in [0.25, 0.3) is 0 Å². The Bertz CT molecular complexity index is 640. The third kappa shape index (κ3) is 3.16. The first-order valence-corrected chi connectivity index (χ1v) is 8.37. The van der Waals surface area contributed by atoms with Crippen LogP contribution in [-0.2, 0) is 0 Å². The van der Waals surface area contributed by atoms with Crippen LogP contribution in [0.4, 0.5) is 0 Å². The molecule has 0 bridgehead atoms. The molecule has 3 N–H and O–H groups in total. The van der Waals surface area contributed by atoms with Crippen molar-refractivity contribution in [1.29, 1.82) is 0 Å². The smallest absolute Gasteiger partial charge is 0.0721 e. The number of nitrogens with one attached hydrogen (secondary N) is 1. The Labute approximate surface area is 138 Å². The molecular formula is C17H18BrClN2. The minimum atomic E-state index is -0.0712. The Balaban J connectivity index is 1.97. The largest absolute Gasteiger partial charge is 0.271 e. The highest BCUT2D eigenvalue weighted by Crippen LogP contribution is 2.38. The number of rotatable bonds is 4. The van der Waals surface area contributed by atoms with Crippen LogP contribution in [0.3, 0.4) is 0 Å². The van der Waals surface area contributed by atoms with Crippen molar-refractivity contribution in [3.63, 3.8) is 0 Å². The van der Waals surface area contributed by atoms with Crippen LogP contribution in [0.15, 0.2) is 46.9 Å². The van der Waals surface area contributed by atoms with E-state index in [4.69, 9.17) is 17.4 Å². The SMILES string of the molecule is NNC(c1cccc(C2CCC2)c1)c1cc(Cl)ccc1Br. The molecule has 4 heteroatoms. The Morgan fingerprint density at radius 2 is 2.00 bits per heavy atom. The summed E-state index contributed by atoms with van der Waals surface area (Å²) in [5, 5.41) is 0.712. The molecular weight excluding hydrogens is 348 g/mol. The van der Waals surface area contributed by atoms with Crippen molar-refractivity contribution >= 4 is 27.5 Å². The van der Waals surface area contributed by atoms with Gasteiger partial charge >= 0.3 is 0 Å². The summed E-state index contributed by atoms with van der Waals surface area (Å²) in [4.78, 5) is 0. The molecule has 0 spiro atoms. The molecule has 3 rings (SSSR count). The van der Waals surface area contributed by atoms with Crippen LogP contribution in [0.2, 0.25) is 5.02 Å². The van der Waals surface area contributed by atoms with Gasteiger partial charge in [0.2, 0.25) is 0 Å². The third-order valence-electron chi connectivity index (χ3n) is 4.26. The third-order valence-corrected chi connectivity index (χ3v) is 5.21. The van der Waals surface area contributed by atoms with Gasteiger partial charge in [-0.3, -0.25) is 5.84 Å². The maximum absolute atomic E-state index is 6.13. The second-order valence-electron chi connectivity index (χ2n) is 5.56. The topological polar surface area (TPSA) is 38.0 Å². The lowest BCUT2D eigenvalue weighted by atomic mass is 9.79. The molecule has 0 aromatic heterocycles. The average Bonchev–Trinajstić information content (AvgIpc) is 2.42. The summed E-state index contributed by atoms with van der Waals surface area (Å²) in [5.74, 6) is 6.53. The van der Waals surface area contributed by atoms with Gasteiger partial charge in [-0.2, -0.15) is 0 Å². The van der Waals surface area contributed by atoms with Crippen molar-refractivity contribution in [3.8, 4) is 0 Å². The van der Waals surface area contributed by atoms with Gasteiger partial charge in [-0.05, 0) is 53.6 Å². The molecule has 1 aliphatic rings. The Morgan fingerprint density at radius 1 is 1.19 bits per heavy atom. The highest BCUT2D eigenvalue weighted by Gasteiger charge is 2.21. The lowest BCUT2D eigenvalue weighted by molar-refractivity contribution is 0.419. The molecule has 0 saturated heterocycles. The van der Waals surface area contributed by atoms with Gasteiger partial charge in [0.1, 0.15) is 0 Å². The molecule has 2 nitrogen and oxygen atoms in total. The molecule has 2 aromatic carbocycles. The van der Waals surface area contributed by atoms with Crippen LogP contribution >= 0.6 is 27.5 Å². The van der Waals surface area contributed by atoms with Crippen molar-refractivity contribution in [2.24, 2.45) is 5.84 Å². The molecule has 110 valence electrons. The lowest BCUT2D eigenvalue weighted by Crippen LogP contribution is -2.29. The second-order valence-corrected chi connectivity index (χ2v) is 6.85. The predicted molar refractivity (Wildman–Crippen MR) is 91.4 cm³/mol. The number of nitrogens with two attached hydrogens (primary N) is 1. The van der Waals surface area contributed by atoms with E-state index in [1.807, 2.05) is 18.2 Å². The monoisotopic (exact) mass is 364 g/mol. The first kappa shape index (κ1) is 15.0. The maximum atomic E-state index is 6.13. The molecule has 2 aromatic rings. The number of hydrazine groups is 1. The quantitative estimate of drug-likeness (QED) is 0.596. The first-order chi connectivity index (χ1) is 10.2. The fourth-order valence-electron chi connectivity index (χ4n) is 2.84. The number of halogens is 2. The van der Waals surface area contributed by atoms with Crippen LogP contribution in [0, 0.1) is 0 Å². The highest BCUT2D eigenvalue weighted by atomic mass is 79.9. The van der Waals surface area contributed by atoms with Crippen molar-refractivity contribution in [1.82, 2.24) is 5.43 Å². The van der Waals surface area contributed by atoms with Crippen LogP contribution in [0.5, 0.6) is 0 Å². The van der Waals surface area contributed by atoms with Crippen molar-refractivity contribution < 1.29 is 0 Å². The normalized spacial score (nSPS) is 16.5. The molecule has 1 fully saturated rings. The van der Waals surface area contributed by atoms with E-state index in [2.05, 4.69) is 45.6 Å². The Morgan fingerprint density at radius 3 is 2.67 bits per heavy atom. The standard InChI is InChI=1S/C17H18BrClN2/c18-16-8-7-14(19)10-15(16)17(21-20)13-6-2-5-12(9-13)11-3-1-4-11/h2,5-11,17,21H,1,3-4,20H2. The van der Waals surface area contributed by atoms with Gasteiger partial charge in [0.05, 0.1) is 6.04 Å². The highest BCUT2D eigenvalue weighted by molar-refractivity contribution is 9.10. The molecule has 0 heterocycles. The molecule has 1 saturated carbocycles. The summed E-state index contributed by atoms with van der Waals surface area (Å²) in [6, 6.07) is 14.4. The van der Waals surface area contributed by atoms with Crippen LogP contribution in [-0.4, -0.2) is 0 Å². The van der Waals surface area contributed by atoms with Gasteiger partial charge in [0, 0.05) is 9.50 Å². The van der Waals surface area contributed by atoms with Crippen LogP contribution in [0.1, 0.15) is 47.9 Å². The van der Waals surface area contributed by atoms with E-state index in [1.54, 1.807) is 0 Å². The van der Waals surface area contributed by atoms with E-state index in [9.17, 15) is 0 Å². The van der Waals surface area contributed by atoms with Crippen LogP contribution < -0.4 is 11.3 Å². The zero-order valence-corrected chi connectivity index (χ0v) is 14.0. The first-order valence-electron chi connectivity index (χ1n) is 7.20. The summed E-state index contributed by atoms with van der Waals surface area (Å²) in [6.45, 7) is 0. The van der Waals surface area contributed by atoms with E-state index in [0.29, 0.717) is 10.9 Å². The summed E-state index contributed by atoms with van der Waals surface area (Å²) >= 11 is 9.72. The molecule has 0 aliphatic heterocycles. The van der Waals surface area contributed by atoms with Gasteiger partial charge in [0.15, 0.2) is 0 Å². The van der Waals surface area contributed by atoms with E-state index in [0.717, 1.165) is 10.0 Å². The fourth-order valence-corrected chi connectivity index (χ4v) is 3.49. The molecule has 21 heavy (non-hydrogen) atoms. The van der Waals surface area contributed by atoms with Gasteiger partial charge in [-0.1, -0.05) is 58.2 Å². The minimum Gasteiger partial charge on any atom is -0.271 e. The number of hydrogen-bond donors (Lipinski definition) is 2. The summed E-state index contributed by atoms with van der Waals surface area (Å²) in [6.07, 6.45) is 3.93. The molecule has 1 aliphatic carbocycles. The Kier molecular flexibility index (Phi) is 4.65. The van der Waals surface area contributed by atoms with Gasteiger partial charge < -0.3 is 0 Å². The summed E-state index contributed by atoms with van der Waals surface area (Å²) in [7, 11) is 0. The zero-order valence-electron chi connectivity index (χ0n) is 11.7. The van der Waals surface area contributed by atoms with E-state index < -0.39 is 0 Å². The maximum Gasteiger partial charge on any atom is 0.0721 e. The van der Waals surface area contributed by atoms with Crippen molar-refractivity contribution in [2.45, 2.75) is 31.2 Å². The Hall–Kier alpha value is -0.870. The van der Waals surface area contributed by atoms with Crippen molar-refractivity contribution in [2.75, 3.05) is 0 Å². The molecule has 0 radical (unpaired) electrons. The van der Waals surface area contributed by atoms with Gasteiger partial charge in [-0.15, -0.1) is 0 Å².